The third-order valence-electron chi connectivity index (χ3n) is 3.74. The van der Waals surface area contributed by atoms with Crippen molar-refractivity contribution < 1.29 is 19.1 Å². The van der Waals surface area contributed by atoms with Gasteiger partial charge in [0.15, 0.2) is 11.5 Å². The highest BCUT2D eigenvalue weighted by molar-refractivity contribution is 9.10. The number of hydrogen-bond acceptors (Lipinski definition) is 4. The van der Waals surface area contributed by atoms with E-state index in [0.29, 0.717) is 34.4 Å². The molecule has 0 aliphatic heterocycles. The van der Waals surface area contributed by atoms with E-state index < -0.39 is 0 Å². The lowest BCUT2D eigenvalue weighted by molar-refractivity contribution is -0.117. The van der Waals surface area contributed by atoms with Crippen molar-refractivity contribution >= 4 is 51.1 Å². The van der Waals surface area contributed by atoms with Crippen LogP contribution in [0.5, 0.6) is 11.5 Å². The number of carbonyl (C=O) groups excluding carboxylic acids is 2. The molecule has 2 amide bonds. The summed E-state index contributed by atoms with van der Waals surface area (Å²) in [6, 6.07) is 10.7. The first-order chi connectivity index (χ1) is 13.9. The number of nitrogens with one attached hydrogen (secondary N) is 2. The summed E-state index contributed by atoms with van der Waals surface area (Å²) in [6.07, 6.45) is 3.16. The molecule has 8 heteroatoms. The Kier molecular flexibility index (Phi) is 9.02. The van der Waals surface area contributed by atoms with Crippen LogP contribution in [0.15, 0.2) is 46.9 Å². The first-order valence-corrected chi connectivity index (χ1v) is 10.1. The Hall–Kier alpha value is -2.51. The number of hydrogen-bond donors (Lipinski definition) is 2. The molecule has 0 bridgehead atoms. The molecule has 0 atom stereocenters. The molecule has 2 aromatic rings. The van der Waals surface area contributed by atoms with Crippen LogP contribution >= 0.6 is 27.5 Å². The second-order valence-corrected chi connectivity index (χ2v) is 7.22. The van der Waals surface area contributed by atoms with Crippen LogP contribution < -0.4 is 20.1 Å². The van der Waals surface area contributed by atoms with Crippen molar-refractivity contribution in [3.8, 4) is 11.5 Å². The normalized spacial score (nSPS) is 10.6. The number of benzene rings is 2. The maximum absolute atomic E-state index is 12.0. The second-order valence-electron chi connectivity index (χ2n) is 5.90. The molecule has 0 aliphatic rings. The van der Waals surface area contributed by atoms with Gasteiger partial charge >= 0.3 is 0 Å². The Morgan fingerprint density at radius 3 is 2.59 bits per heavy atom. The van der Waals surface area contributed by atoms with E-state index in [9.17, 15) is 9.59 Å². The highest BCUT2D eigenvalue weighted by Gasteiger charge is 2.10. The molecule has 0 unspecified atom stereocenters. The Morgan fingerprint density at radius 2 is 1.93 bits per heavy atom. The van der Waals surface area contributed by atoms with Crippen molar-refractivity contribution in [2.75, 3.05) is 25.6 Å². The lowest BCUT2D eigenvalue weighted by atomic mass is 10.2. The van der Waals surface area contributed by atoms with Gasteiger partial charge in [0.05, 0.1) is 18.7 Å². The summed E-state index contributed by atoms with van der Waals surface area (Å²) in [7, 11) is 1.51. The summed E-state index contributed by atoms with van der Waals surface area (Å²) in [5, 5.41) is 5.83. The maximum Gasteiger partial charge on any atom is 0.244 e. The fourth-order valence-electron chi connectivity index (χ4n) is 2.43. The molecule has 0 saturated heterocycles. The van der Waals surface area contributed by atoms with Crippen molar-refractivity contribution in [1.82, 2.24) is 5.32 Å². The standard InChI is InChI=1S/C21H22BrClN2O4/c1-3-29-18-13-14(12-17(23)21(18)28-2)4-9-19(26)24-11-10-20(27)25-16-7-5-15(22)6-8-16/h4-9,12-13H,3,10-11H2,1-2H3,(H,24,26)(H,25,27)/b9-4+. The van der Waals surface area contributed by atoms with Gasteiger partial charge in [-0.15, -0.1) is 0 Å². The van der Waals surface area contributed by atoms with Gasteiger partial charge in [0.25, 0.3) is 0 Å². The van der Waals surface area contributed by atoms with Crippen LogP contribution in [0.3, 0.4) is 0 Å². The first-order valence-electron chi connectivity index (χ1n) is 8.94. The smallest absolute Gasteiger partial charge is 0.244 e. The van der Waals surface area contributed by atoms with Crippen molar-refractivity contribution in [2.45, 2.75) is 13.3 Å². The van der Waals surface area contributed by atoms with Crippen LogP contribution in [0, 0.1) is 0 Å². The minimum absolute atomic E-state index is 0.165. The van der Waals surface area contributed by atoms with Gasteiger partial charge in [-0.25, -0.2) is 0 Å². The van der Waals surface area contributed by atoms with E-state index in [2.05, 4.69) is 26.6 Å². The minimum Gasteiger partial charge on any atom is -0.491 e. The molecule has 6 nitrogen and oxygen atoms in total. The van der Waals surface area contributed by atoms with Gasteiger partial charge in [0.2, 0.25) is 11.8 Å². The summed E-state index contributed by atoms with van der Waals surface area (Å²) < 4.78 is 11.7. The van der Waals surface area contributed by atoms with Gasteiger partial charge in [-0.1, -0.05) is 27.5 Å². The molecule has 2 N–H and O–H groups in total. The lowest BCUT2D eigenvalue weighted by Gasteiger charge is -2.11. The Balaban J connectivity index is 1.85. The fourth-order valence-corrected chi connectivity index (χ4v) is 2.99. The van der Waals surface area contributed by atoms with Crippen molar-refractivity contribution in [1.29, 1.82) is 0 Å². The van der Waals surface area contributed by atoms with E-state index in [1.54, 1.807) is 30.3 Å². The zero-order valence-corrected chi connectivity index (χ0v) is 18.5. The maximum atomic E-state index is 12.0. The van der Waals surface area contributed by atoms with E-state index in [1.165, 1.54) is 13.2 Å². The van der Waals surface area contributed by atoms with Crippen LogP contribution in [0.4, 0.5) is 5.69 Å². The average molecular weight is 482 g/mol. The largest absolute Gasteiger partial charge is 0.491 e. The van der Waals surface area contributed by atoms with Crippen molar-refractivity contribution in [3.05, 3.63) is 57.5 Å². The predicted molar refractivity (Wildman–Crippen MR) is 119 cm³/mol. The molecule has 29 heavy (non-hydrogen) atoms. The molecule has 2 rings (SSSR count). The average Bonchev–Trinajstić information content (AvgIpc) is 2.68. The number of ether oxygens (including phenoxy) is 2. The Morgan fingerprint density at radius 1 is 1.21 bits per heavy atom. The van der Waals surface area contributed by atoms with Gasteiger partial charge in [-0.05, 0) is 55.0 Å². The minimum atomic E-state index is -0.314. The number of carbonyl (C=O) groups is 2. The van der Waals surface area contributed by atoms with Crippen LogP contribution in [0.1, 0.15) is 18.9 Å². The first kappa shape index (κ1) is 22.8. The van der Waals surface area contributed by atoms with Crippen LogP contribution in [-0.2, 0) is 9.59 Å². The highest BCUT2D eigenvalue weighted by Crippen LogP contribution is 2.36. The second kappa shape index (κ2) is 11.5. The van der Waals surface area contributed by atoms with Crippen LogP contribution in [0.2, 0.25) is 5.02 Å². The molecular weight excluding hydrogens is 460 g/mol. The molecule has 0 aromatic heterocycles. The van der Waals surface area contributed by atoms with E-state index >= 15 is 0 Å². The number of rotatable bonds is 9. The van der Waals surface area contributed by atoms with Crippen molar-refractivity contribution in [3.63, 3.8) is 0 Å². The SMILES string of the molecule is CCOc1cc(/C=C/C(=O)NCCC(=O)Nc2ccc(Br)cc2)cc(Cl)c1OC. The zero-order valence-electron chi connectivity index (χ0n) is 16.1. The summed E-state index contributed by atoms with van der Waals surface area (Å²) in [6.45, 7) is 2.54. The number of halogens is 2. The quantitative estimate of drug-likeness (QED) is 0.510. The zero-order chi connectivity index (χ0) is 21.2. The van der Waals surface area contributed by atoms with Gasteiger partial charge in [-0.3, -0.25) is 9.59 Å². The highest BCUT2D eigenvalue weighted by atomic mass is 79.9. The summed E-state index contributed by atoms with van der Waals surface area (Å²) in [5.41, 5.74) is 1.40. The molecular formula is C21H22BrClN2O4. The monoisotopic (exact) mass is 480 g/mol. The fraction of sp³-hybridized carbons (Fsp3) is 0.238. The van der Waals surface area contributed by atoms with Gasteiger partial charge < -0.3 is 20.1 Å². The summed E-state index contributed by atoms with van der Waals surface area (Å²) in [5.74, 6) is 0.463. The molecule has 0 heterocycles. The Bertz CT molecular complexity index is 885. The predicted octanol–water partition coefficient (Wildman–Crippen LogP) is 4.67. The molecule has 0 fully saturated rings. The molecule has 0 spiro atoms. The van der Waals surface area contributed by atoms with Crippen LogP contribution in [-0.4, -0.2) is 32.1 Å². The van der Waals surface area contributed by atoms with Crippen molar-refractivity contribution in [2.24, 2.45) is 0 Å². The summed E-state index contributed by atoms with van der Waals surface area (Å²) in [4.78, 5) is 23.9. The molecule has 154 valence electrons. The van der Waals surface area contributed by atoms with E-state index in [4.69, 9.17) is 21.1 Å². The molecule has 0 saturated carbocycles. The molecule has 0 radical (unpaired) electrons. The third-order valence-corrected chi connectivity index (χ3v) is 4.55. The Labute approximate surface area is 183 Å². The van der Waals surface area contributed by atoms with Gasteiger partial charge in [-0.2, -0.15) is 0 Å². The lowest BCUT2D eigenvalue weighted by Crippen LogP contribution is -2.26. The van der Waals surface area contributed by atoms with Crippen LogP contribution in [0.25, 0.3) is 6.08 Å². The summed E-state index contributed by atoms with van der Waals surface area (Å²) >= 11 is 9.53. The third kappa shape index (κ3) is 7.44. The topological polar surface area (TPSA) is 76.7 Å². The molecule has 0 aliphatic carbocycles. The van der Waals surface area contributed by atoms with Gasteiger partial charge in [0.1, 0.15) is 0 Å². The number of methoxy groups -OCH3 is 1. The number of anilines is 1. The van der Waals surface area contributed by atoms with Gasteiger partial charge in [0, 0.05) is 29.2 Å². The van der Waals surface area contributed by atoms with E-state index in [-0.39, 0.29) is 24.8 Å². The van der Waals surface area contributed by atoms with E-state index in [0.717, 1.165) is 4.47 Å². The van der Waals surface area contributed by atoms with E-state index in [1.807, 2.05) is 19.1 Å². The number of amides is 2. The molecule has 2 aromatic carbocycles.